The SMILES string of the molecule is Cc1nc(N(C=O)OC(C)(C)C)ccc1CNC(=O)Cc1c(Cl)ccc(NCC(F)(F)c2ccccc2)c1F. The lowest BCUT2D eigenvalue weighted by Gasteiger charge is -2.26. The molecule has 39 heavy (non-hydrogen) atoms. The lowest BCUT2D eigenvalue weighted by molar-refractivity contribution is -0.121. The number of alkyl halides is 2. The second-order valence-electron chi connectivity index (χ2n) is 9.81. The van der Waals surface area contributed by atoms with Crippen molar-refractivity contribution < 1.29 is 27.6 Å². The van der Waals surface area contributed by atoms with Crippen LogP contribution >= 0.6 is 11.6 Å². The van der Waals surface area contributed by atoms with E-state index >= 15 is 4.39 Å². The van der Waals surface area contributed by atoms with E-state index in [-0.39, 0.29) is 34.2 Å². The number of amides is 2. The lowest BCUT2D eigenvalue weighted by atomic mass is 10.1. The second-order valence-corrected chi connectivity index (χ2v) is 10.2. The first kappa shape index (κ1) is 29.9. The molecule has 2 N–H and O–H groups in total. The van der Waals surface area contributed by atoms with Gasteiger partial charge < -0.3 is 10.6 Å². The van der Waals surface area contributed by atoms with Crippen LogP contribution in [0.3, 0.4) is 0 Å². The summed E-state index contributed by atoms with van der Waals surface area (Å²) < 4.78 is 44.2. The van der Waals surface area contributed by atoms with Crippen molar-refractivity contribution in [3.05, 3.63) is 87.8 Å². The molecule has 0 aliphatic carbocycles. The van der Waals surface area contributed by atoms with Gasteiger partial charge in [0.05, 0.1) is 24.3 Å². The summed E-state index contributed by atoms with van der Waals surface area (Å²) in [6.07, 6.45) is 0.108. The standard InChI is InChI=1S/C28H30ClF3N4O3/c1-18-19(10-13-24(35-18)36(17-37)39-27(2,3)4)15-33-25(38)14-21-22(29)11-12-23(26(21)30)34-16-28(31,32)20-8-6-5-7-9-20/h5-13,17,34H,14-16H2,1-4H3,(H,33,38). The van der Waals surface area contributed by atoms with Gasteiger partial charge >= 0.3 is 0 Å². The number of anilines is 2. The predicted molar refractivity (Wildman–Crippen MR) is 144 cm³/mol. The summed E-state index contributed by atoms with van der Waals surface area (Å²) in [4.78, 5) is 34.0. The molecule has 0 aliphatic rings. The number of hydroxylamine groups is 1. The molecular weight excluding hydrogens is 533 g/mol. The summed E-state index contributed by atoms with van der Waals surface area (Å²) in [5.74, 6) is -4.37. The van der Waals surface area contributed by atoms with Gasteiger partial charge in [0.2, 0.25) is 12.3 Å². The van der Waals surface area contributed by atoms with Crippen molar-refractivity contribution in [2.45, 2.75) is 52.2 Å². The second kappa shape index (κ2) is 12.5. The largest absolute Gasteiger partial charge is 0.376 e. The average molecular weight is 563 g/mol. The molecule has 208 valence electrons. The minimum Gasteiger partial charge on any atom is -0.376 e. The maximum atomic E-state index is 15.1. The van der Waals surface area contributed by atoms with Crippen LogP contribution in [0.25, 0.3) is 0 Å². The number of aryl methyl sites for hydroxylation is 1. The zero-order valence-electron chi connectivity index (χ0n) is 22.0. The average Bonchev–Trinajstić information content (AvgIpc) is 2.88. The molecule has 2 amide bonds. The number of pyridine rings is 1. The third-order valence-electron chi connectivity index (χ3n) is 5.57. The quantitative estimate of drug-likeness (QED) is 0.223. The Morgan fingerprint density at radius 3 is 2.41 bits per heavy atom. The van der Waals surface area contributed by atoms with Crippen LogP contribution in [0.2, 0.25) is 5.02 Å². The zero-order chi connectivity index (χ0) is 28.8. The van der Waals surface area contributed by atoms with E-state index in [0.717, 1.165) is 5.06 Å². The number of carbonyl (C=O) groups excluding carboxylic acids is 2. The van der Waals surface area contributed by atoms with Gasteiger partial charge in [0.15, 0.2) is 11.6 Å². The molecule has 7 nitrogen and oxygen atoms in total. The van der Waals surface area contributed by atoms with Crippen LogP contribution in [0, 0.1) is 12.7 Å². The van der Waals surface area contributed by atoms with E-state index in [0.29, 0.717) is 17.7 Å². The normalized spacial score (nSPS) is 11.7. The Bertz CT molecular complexity index is 1320. The van der Waals surface area contributed by atoms with E-state index in [4.69, 9.17) is 16.4 Å². The molecule has 0 atom stereocenters. The van der Waals surface area contributed by atoms with Crippen molar-refractivity contribution in [1.29, 1.82) is 0 Å². The highest BCUT2D eigenvalue weighted by Gasteiger charge is 2.31. The molecule has 2 aromatic carbocycles. The first-order valence-corrected chi connectivity index (χ1v) is 12.5. The Morgan fingerprint density at radius 1 is 1.10 bits per heavy atom. The van der Waals surface area contributed by atoms with E-state index in [1.807, 2.05) is 0 Å². The van der Waals surface area contributed by atoms with Gasteiger partial charge in [-0.1, -0.05) is 48.0 Å². The molecule has 3 rings (SSSR count). The van der Waals surface area contributed by atoms with Crippen LogP contribution in [-0.4, -0.2) is 29.4 Å². The molecule has 0 radical (unpaired) electrons. The van der Waals surface area contributed by atoms with Gasteiger partial charge in [0, 0.05) is 28.4 Å². The van der Waals surface area contributed by atoms with E-state index in [2.05, 4.69) is 15.6 Å². The van der Waals surface area contributed by atoms with Crippen molar-refractivity contribution in [3.8, 4) is 0 Å². The predicted octanol–water partition coefficient (Wildman–Crippen LogP) is 5.94. The van der Waals surface area contributed by atoms with E-state index in [1.54, 1.807) is 45.9 Å². The van der Waals surface area contributed by atoms with Gasteiger partial charge in [-0.3, -0.25) is 14.4 Å². The van der Waals surface area contributed by atoms with Crippen molar-refractivity contribution in [3.63, 3.8) is 0 Å². The fourth-order valence-corrected chi connectivity index (χ4v) is 3.82. The number of benzene rings is 2. The van der Waals surface area contributed by atoms with Crippen molar-refractivity contribution in [1.82, 2.24) is 10.3 Å². The molecular formula is C28H30ClF3N4O3. The minimum absolute atomic E-state index is 0.00183. The van der Waals surface area contributed by atoms with Crippen LogP contribution in [-0.2, 0) is 33.3 Å². The third kappa shape index (κ3) is 8.18. The van der Waals surface area contributed by atoms with E-state index in [1.165, 1.54) is 36.4 Å². The Balaban J connectivity index is 1.64. The highest BCUT2D eigenvalue weighted by atomic mass is 35.5. The van der Waals surface area contributed by atoms with E-state index in [9.17, 15) is 18.4 Å². The monoisotopic (exact) mass is 562 g/mol. The molecule has 1 aromatic heterocycles. The summed E-state index contributed by atoms with van der Waals surface area (Å²) in [5, 5.41) is 6.13. The molecule has 0 saturated heterocycles. The number of aromatic nitrogens is 1. The number of rotatable bonds is 11. The zero-order valence-corrected chi connectivity index (χ0v) is 22.8. The number of carbonyl (C=O) groups is 2. The van der Waals surface area contributed by atoms with Crippen LogP contribution in [0.5, 0.6) is 0 Å². The van der Waals surface area contributed by atoms with Gasteiger partial charge in [-0.25, -0.2) is 9.37 Å². The summed E-state index contributed by atoms with van der Waals surface area (Å²) in [7, 11) is 0. The van der Waals surface area contributed by atoms with Gasteiger partial charge in [0.1, 0.15) is 0 Å². The summed E-state index contributed by atoms with van der Waals surface area (Å²) in [5.41, 5.74) is 0.0876. The fourth-order valence-electron chi connectivity index (χ4n) is 3.61. The van der Waals surface area contributed by atoms with Gasteiger partial charge in [0.25, 0.3) is 5.92 Å². The number of hydrogen-bond donors (Lipinski definition) is 2. The van der Waals surface area contributed by atoms with Crippen molar-refractivity contribution in [2.75, 3.05) is 16.9 Å². The number of nitrogens with zero attached hydrogens (tertiary/aromatic N) is 2. The van der Waals surface area contributed by atoms with Crippen molar-refractivity contribution in [2.24, 2.45) is 0 Å². The molecule has 0 aliphatic heterocycles. The fraction of sp³-hybridized carbons (Fsp3) is 0.321. The molecule has 0 spiro atoms. The topological polar surface area (TPSA) is 83.6 Å². The number of hydrogen-bond acceptors (Lipinski definition) is 5. The Hall–Kier alpha value is -3.63. The van der Waals surface area contributed by atoms with Crippen molar-refractivity contribution >= 4 is 35.4 Å². The molecule has 0 unspecified atom stereocenters. The first-order chi connectivity index (χ1) is 18.3. The minimum atomic E-state index is -3.24. The third-order valence-corrected chi connectivity index (χ3v) is 5.92. The first-order valence-electron chi connectivity index (χ1n) is 12.1. The summed E-state index contributed by atoms with van der Waals surface area (Å²) in [6.45, 7) is 6.33. The van der Waals surface area contributed by atoms with Crippen LogP contribution < -0.4 is 15.7 Å². The Labute approximate surface area is 230 Å². The number of halogens is 4. The Kier molecular flexibility index (Phi) is 9.58. The van der Waals surface area contributed by atoms with Gasteiger partial charge in [-0.15, -0.1) is 0 Å². The molecule has 3 aromatic rings. The molecule has 11 heteroatoms. The van der Waals surface area contributed by atoms with E-state index < -0.39 is 36.2 Å². The Morgan fingerprint density at radius 2 is 1.79 bits per heavy atom. The van der Waals surface area contributed by atoms with Crippen LogP contribution in [0.15, 0.2) is 54.6 Å². The number of nitrogens with one attached hydrogen (secondary N) is 2. The maximum absolute atomic E-state index is 15.1. The molecule has 1 heterocycles. The lowest BCUT2D eigenvalue weighted by Crippen LogP contribution is -2.33. The molecule has 0 saturated carbocycles. The smallest absolute Gasteiger partial charge is 0.290 e. The van der Waals surface area contributed by atoms with Crippen LogP contribution in [0.4, 0.5) is 24.7 Å². The summed E-state index contributed by atoms with van der Waals surface area (Å²) >= 11 is 6.13. The van der Waals surface area contributed by atoms with Gasteiger partial charge in [-0.2, -0.15) is 13.8 Å². The molecule has 0 bridgehead atoms. The maximum Gasteiger partial charge on any atom is 0.290 e. The highest BCUT2D eigenvalue weighted by molar-refractivity contribution is 6.31. The van der Waals surface area contributed by atoms with Crippen LogP contribution in [0.1, 0.15) is 43.2 Å². The summed E-state index contributed by atoms with van der Waals surface area (Å²) in [6, 6.07) is 13.1. The van der Waals surface area contributed by atoms with Gasteiger partial charge in [-0.05, 0) is 51.5 Å². The highest BCUT2D eigenvalue weighted by Crippen LogP contribution is 2.31. The molecule has 0 fully saturated rings.